The molecule has 0 saturated carbocycles. The molecule has 1 heterocycles. The summed E-state index contributed by atoms with van der Waals surface area (Å²) in [6.07, 6.45) is 0. The van der Waals surface area contributed by atoms with E-state index in [2.05, 4.69) is 0 Å². The van der Waals surface area contributed by atoms with Gasteiger partial charge in [-0.2, -0.15) is 0 Å². The van der Waals surface area contributed by atoms with Crippen molar-refractivity contribution in [2.24, 2.45) is 0 Å². The Morgan fingerprint density at radius 1 is 0.952 bits per heavy atom. The van der Waals surface area contributed by atoms with Crippen LogP contribution in [0.2, 0.25) is 0 Å². The van der Waals surface area contributed by atoms with E-state index >= 15 is 0 Å². The number of carbonyl (C=O) groups excluding carboxylic acids is 1. The van der Waals surface area contributed by atoms with Gasteiger partial charge >= 0.3 is 0 Å². The Kier molecular flexibility index (Phi) is 3.31. The van der Waals surface area contributed by atoms with Gasteiger partial charge in [0.2, 0.25) is 0 Å². The Hall–Kier alpha value is -2.11. The molecule has 3 aromatic rings. The van der Waals surface area contributed by atoms with Crippen molar-refractivity contribution in [2.75, 3.05) is 0 Å². The van der Waals surface area contributed by atoms with Gasteiger partial charge in [0.05, 0.1) is 10.4 Å². The van der Waals surface area contributed by atoms with E-state index in [9.17, 15) is 13.2 Å². The summed E-state index contributed by atoms with van der Waals surface area (Å²) in [7, 11) is -3.89. The van der Waals surface area contributed by atoms with E-state index < -0.39 is 15.3 Å². The molecule has 0 atom stereocenters. The molecule has 2 aromatic carbocycles. The zero-order valence-electron chi connectivity index (χ0n) is 10.7. The fourth-order valence-corrected chi connectivity index (χ4v) is 3.94. The van der Waals surface area contributed by atoms with Gasteiger partial charge in [-0.25, -0.2) is 12.4 Å². The van der Waals surface area contributed by atoms with E-state index in [-0.39, 0.29) is 10.6 Å². The number of hydrogen-bond acceptors (Lipinski definition) is 3. The van der Waals surface area contributed by atoms with Gasteiger partial charge in [0.1, 0.15) is 5.69 Å². The Balaban J connectivity index is 2.39. The predicted molar refractivity (Wildman–Crippen MR) is 81.1 cm³/mol. The number of hydrogen-bond donors (Lipinski definition) is 0. The molecule has 0 N–H and O–H groups in total. The number of aromatic nitrogens is 1. The van der Waals surface area contributed by atoms with E-state index in [0.29, 0.717) is 10.9 Å². The second-order valence-electron chi connectivity index (χ2n) is 4.44. The van der Waals surface area contributed by atoms with Crippen molar-refractivity contribution in [1.82, 2.24) is 3.97 Å². The SMILES string of the molecule is O=C(Cl)c1cc2ccccc2n1S(=O)(=O)c1ccccc1. The third kappa shape index (κ3) is 2.24. The minimum absolute atomic E-state index is 0.0679. The molecule has 0 spiro atoms. The van der Waals surface area contributed by atoms with Crippen LogP contribution in [-0.2, 0) is 10.0 Å². The molecule has 0 bridgehead atoms. The van der Waals surface area contributed by atoms with Crippen molar-refractivity contribution in [1.29, 1.82) is 0 Å². The molecule has 0 aliphatic heterocycles. The summed E-state index contributed by atoms with van der Waals surface area (Å²) < 4.78 is 26.6. The molecule has 0 aliphatic carbocycles. The maximum Gasteiger partial charge on any atom is 0.269 e. The topological polar surface area (TPSA) is 56.1 Å². The Labute approximate surface area is 126 Å². The van der Waals surface area contributed by atoms with E-state index in [0.717, 1.165) is 3.97 Å². The van der Waals surface area contributed by atoms with Crippen LogP contribution < -0.4 is 0 Å². The Morgan fingerprint density at radius 2 is 1.57 bits per heavy atom. The highest BCUT2D eigenvalue weighted by molar-refractivity contribution is 7.90. The van der Waals surface area contributed by atoms with Crippen LogP contribution >= 0.6 is 11.6 Å². The van der Waals surface area contributed by atoms with Crippen LogP contribution in [-0.4, -0.2) is 17.6 Å². The zero-order chi connectivity index (χ0) is 15.0. The third-order valence-electron chi connectivity index (χ3n) is 3.15. The van der Waals surface area contributed by atoms with Crippen LogP contribution in [0.3, 0.4) is 0 Å². The maximum atomic E-state index is 12.8. The van der Waals surface area contributed by atoms with Crippen LogP contribution in [0.4, 0.5) is 0 Å². The molecule has 21 heavy (non-hydrogen) atoms. The van der Waals surface area contributed by atoms with Crippen LogP contribution in [0.5, 0.6) is 0 Å². The van der Waals surface area contributed by atoms with Crippen molar-refractivity contribution in [3.63, 3.8) is 0 Å². The summed E-state index contributed by atoms with van der Waals surface area (Å²) in [5.74, 6) is 0. The summed E-state index contributed by atoms with van der Waals surface area (Å²) >= 11 is 5.55. The maximum absolute atomic E-state index is 12.8. The second kappa shape index (κ2) is 5.02. The normalized spacial score (nSPS) is 11.7. The lowest BCUT2D eigenvalue weighted by Gasteiger charge is -2.09. The molecule has 6 heteroatoms. The molecular weight excluding hydrogens is 310 g/mol. The fourth-order valence-electron chi connectivity index (χ4n) is 2.22. The Morgan fingerprint density at radius 3 is 2.24 bits per heavy atom. The smallest absolute Gasteiger partial charge is 0.269 e. The highest BCUT2D eigenvalue weighted by Gasteiger charge is 2.25. The first-order valence-electron chi connectivity index (χ1n) is 6.13. The molecule has 0 aliphatic rings. The molecule has 0 radical (unpaired) electrons. The molecule has 1 aromatic heterocycles. The number of carbonyl (C=O) groups is 1. The van der Waals surface area contributed by atoms with Crippen LogP contribution in [0.1, 0.15) is 10.5 Å². The molecule has 3 rings (SSSR count). The van der Waals surface area contributed by atoms with Gasteiger partial charge in [0.25, 0.3) is 15.3 Å². The van der Waals surface area contributed by atoms with E-state index in [4.69, 9.17) is 11.6 Å². The number of nitrogens with zero attached hydrogens (tertiary/aromatic N) is 1. The first-order chi connectivity index (χ1) is 10.0. The largest absolute Gasteiger partial charge is 0.274 e. The molecule has 0 saturated heterocycles. The summed E-state index contributed by atoms with van der Waals surface area (Å²) in [6, 6.07) is 16.3. The quantitative estimate of drug-likeness (QED) is 0.696. The molecule has 4 nitrogen and oxygen atoms in total. The van der Waals surface area contributed by atoms with Crippen molar-refractivity contribution >= 4 is 37.8 Å². The lowest BCUT2D eigenvalue weighted by atomic mass is 10.2. The van der Waals surface area contributed by atoms with Crippen molar-refractivity contribution in [2.45, 2.75) is 4.90 Å². The average molecular weight is 320 g/mol. The van der Waals surface area contributed by atoms with Gasteiger partial charge in [-0.05, 0) is 35.9 Å². The van der Waals surface area contributed by atoms with Crippen molar-refractivity contribution in [3.8, 4) is 0 Å². The Bertz CT molecular complexity index is 930. The van der Waals surface area contributed by atoms with E-state index in [1.165, 1.54) is 18.2 Å². The average Bonchev–Trinajstić information content (AvgIpc) is 2.88. The highest BCUT2D eigenvalue weighted by atomic mass is 35.5. The highest BCUT2D eigenvalue weighted by Crippen LogP contribution is 2.26. The van der Waals surface area contributed by atoms with Gasteiger partial charge in [-0.3, -0.25) is 4.79 Å². The number of para-hydroxylation sites is 1. The third-order valence-corrected chi connectivity index (χ3v) is 5.08. The molecule has 0 amide bonds. The summed E-state index contributed by atoms with van der Waals surface area (Å²) in [5.41, 5.74) is 0.354. The first kappa shape index (κ1) is 13.9. The minimum Gasteiger partial charge on any atom is -0.274 e. The number of benzene rings is 2. The lowest BCUT2D eigenvalue weighted by molar-refractivity contribution is 0.107. The summed E-state index contributed by atoms with van der Waals surface area (Å²) in [5, 5.41) is -0.174. The molecular formula is C15H10ClNO3S. The molecule has 0 fully saturated rings. The van der Waals surface area contributed by atoms with Gasteiger partial charge < -0.3 is 0 Å². The zero-order valence-corrected chi connectivity index (χ0v) is 12.3. The second-order valence-corrected chi connectivity index (χ2v) is 6.57. The van der Waals surface area contributed by atoms with Gasteiger partial charge in [0.15, 0.2) is 0 Å². The fraction of sp³-hybridized carbons (Fsp3) is 0. The molecule has 106 valence electrons. The van der Waals surface area contributed by atoms with Crippen molar-refractivity contribution < 1.29 is 13.2 Å². The predicted octanol–water partition coefficient (Wildman–Crippen LogP) is 3.26. The number of fused-ring (bicyclic) bond motifs is 1. The van der Waals surface area contributed by atoms with Crippen LogP contribution in [0.15, 0.2) is 65.6 Å². The standard InChI is InChI=1S/C15H10ClNO3S/c16-15(18)14-10-11-6-4-5-9-13(11)17(14)21(19,20)12-7-2-1-3-8-12/h1-10H. The monoisotopic (exact) mass is 319 g/mol. The number of halogens is 1. The first-order valence-corrected chi connectivity index (χ1v) is 7.94. The van der Waals surface area contributed by atoms with E-state index in [1.807, 2.05) is 0 Å². The van der Waals surface area contributed by atoms with Crippen molar-refractivity contribution in [3.05, 3.63) is 66.4 Å². The van der Waals surface area contributed by atoms with Gasteiger partial charge in [-0.1, -0.05) is 36.4 Å². The minimum atomic E-state index is -3.89. The molecule has 0 unspecified atom stereocenters. The van der Waals surface area contributed by atoms with Crippen LogP contribution in [0, 0.1) is 0 Å². The lowest BCUT2D eigenvalue weighted by Crippen LogP contribution is -2.16. The van der Waals surface area contributed by atoms with Gasteiger partial charge in [-0.15, -0.1) is 0 Å². The summed E-state index contributed by atoms with van der Waals surface area (Å²) in [6.45, 7) is 0. The summed E-state index contributed by atoms with van der Waals surface area (Å²) in [4.78, 5) is 11.7. The van der Waals surface area contributed by atoms with Gasteiger partial charge in [0, 0.05) is 5.39 Å². The number of rotatable bonds is 3. The van der Waals surface area contributed by atoms with Crippen LogP contribution in [0.25, 0.3) is 10.9 Å². The van der Waals surface area contributed by atoms with E-state index in [1.54, 1.807) is 42.5 Å².